The third kappa shape index (κ3) is 17.6. The van der Waals surface area contributed by atoms with Gasteiger partial charge in [-0.2, -0.15) is 18.4 Å². The van der Waals surface area contributed by atoms with E-state index in [1.54, 1.807) is 73.3 Å². The highest BCUT2D eigenvalue weighted by molar-refractivity contribution is 5.94. The standard InChI is InChI=1S/C36H55F3N6O7/c1-33(2,3)50-29(47)23-43-15-13-42(22-28(46)41-32-26(21-40)11-10-12-27(32)36(37,38)39)14-16-44(24-30(48)51-34(4,5)6)18-20-45(19-17-43)25-31(49)52-35(7,8)9/h10-12H,13-20,22-25H2,1-9H3,(H,41,46). The van der Waals surface area contributed by atoms with Gasteiger partial charge in [0.15, 0.2) is 0 Å². The first-order chi connectivity index (χ1) is 23.8. The van der Waals surface area contributed by atoms with E-state index in [-0.39, 0.29) is 57.9 Å². The molecule has 52 heavy (non-hydrogen) atoms. The van der Waals surface area contributed by atoms with Crippen LogP contribution in [0.1, 0.15) is 73.4 Å². The smallest absolute Gasteiger partial charge is 0.418 e. The summed E-state index contributed by atoms with van der Waals surface area (Å²) in [6.07, 6.45) is -4.81. The number of benzene rings is 1. The van der Waals surface area contributed by atoms with E-state index in [4.69, 9.17) is 14.2 Å². The van der Waals surface area contributed by atoms with Gasteiger partial charge >= 0.3 is 24.1 Å². The number of para-hydroxylation sites is 1. The number of alkyl halides is 3. The highest BCUT2D eigenvalue weighted by Gasteiger charge is 2.35. The number of carbonyl (C=O) groups is 4. The van der Waals surface area contributed by atoms with Crippen molar-refractivity contribution in [3.63, 3.8) is 0 Å². The lowest BCUT2D eigenvalue weighted by Crippen LogP contribution is -2.50. The number of nitrogens with one attached hydrogen (secondary N) is 1. The molecule has 0 unspecified atom stereocenters. The first-order valence-corrected chi connectivity index (χ1v) is 17.3. The van der Waals surface area contributed by atoms with Gasteiger partial charge in [-0.3, -0.25) is 38.8 Å². The average molecular weight is 741 g/mol. The molecule has 16 heteroatoms. The Balaban J connectivity index is 2.40. The van der Waals surface area contributed by atoms with E-state index < -0.39 is 58.0 Å². The number of nitrogens with zero attached hydrogens (tertiary/aromatic N) is 5. The monoisotopic (exact) mass is 740 g/mol. The second-order valence-corrected chi connectivity index (χ2v) is 15.7. The Hall–Kier alpha value is -3.78. The zero-order valence-corrected chi connectivity index (χ0v) is 31.9. The molecule has 1 N–H and O–H groups in total. The van der Waals surface area contributed by atoms with E-state index in [1.165, 1.54) is 6.07 Å². The first kappa shape index (κ1) is 44.4. The summed E-state index contributed by atoms with van der Waals surface area (Å²) in [6, 6.07) is 4.79. The minimum Gasteiger partial charge on any atom is -0.459 e. The summed E-state index contributed by atoms with van der Waals surface area (Å²) in [5, 5.41) is 11.8. The van der Waals surface area contributed by atoms with Crippen molar-refractivity contribution in [1.82, 2.24) is 19.6 Å². The maximum absolute atomic E-state index is 13.8. The predicted octanol–water partition coefficient (Wildman–Crippen LogP) is 3.76. The molecule has 1 aliphatic rings. The van der Waals surface area contributed by atoms with E-state index >= 15 is 0 Å². The van der Waals surface area contributed by atoms with Gasteiger partial charge in [-0.15, -0.1) is 0 Å². The van der Waals surface area contributed by atoms with Crippen LogP contribution < -0.4 is 5.32 Å². The molecule has 0 bridgehead atoms. The van der Waals surface area contributed by atoms with E-state index in [2.05, 4.69) is 5.32 Å². The Morgan fingerprint density at radius 1 is 0.635 bits per heavy atom. The van der Waals surface area contributed by atoms with Gasteiger partial charge < -0.3 is 19.5 Å². The molecular formula is C36H55F3N6O7. The normalized spacial score (nSPS) is 16.9. The summed E-state index contributed by atoms with van der Waals surface area (Å²) in [7, 11) is 0. The third-order valence-electron chi connectivity index (χ3n) is 7.37. The Morgan fingerprint density at radius 3 is 1.25 bits per heavy atom. The molecule has 0 aromatic heterocycles. The summed E-state index contributed by atoms with van der Waals surface area (Å²) in [5.74, 6) is -2.15. The first-order valence-electron chi connectivity index (χ1n) is 17.3. The Morgan fingerprint density at radius 2 is 0.962 bits per heavy atom. The molecule has 0 spiro atoms. The summed E-state index contributed by atoms with van der Waals surface area (Å²) in [4.78, 5) is 59.2. The molecule has 1 amide bonds. The van der Waals surface area contributed by atoms with Gasteiger partial charge in [0.2, 0.25) is 5.91 Å². The number of rotatable bonds is 9. The number of ether oxygens (including phenoxy) is 3. The van der Waals surface area contributed by atoms with Gasteiger partial charge in [0.25, 0.3) is 0 Å². The zero-order chi connectivity index (χ0) is 39.5. The molecule has 0 atom stereocenters. The van der Waals surface area contributed by atoms with Gasteiger partial charge in [-0.1, -0.05) is 6.07 Å². The largest absolute Gasteiger partial charge is 0.459 e. The topological polar surface area (TPSA) is 145 Å². The van der Waals surface area contributed by atoms with Crippen LogP contribution in [0.5, 0.6) is 0 Å². The minimum atomic E-state index is -4.81. The molecule has 0 saturated carbocycles. The average Bonchev–Trinajstić information content (AvgIpc) is 2.95. The Bertz CT molecular complexity index is 1380. The van der Waals surface area contributed by atoms with Crippen molar-refractivity contribution < 1.29 is 46.6 Å². The number of anilines is 1. The molecule has 2 rings (SSSR count). The molecule has 1 saturated heterocycles. The molecule has 13 nitrogen and oxygen atoms in total. The highest BCUT2D eigenvalue weighted by Crippen LogP contribution is 2.36. The van der Waals surface area contributed by atoms with Crippen molar-refractivity contribution in [3.05, 3.63) is 29.3 Å². The van der Waals surface area contributed by atoms with Crippen LogP contribution in [0, 0.1) is 11.3 Å². The number of nitriles is 1. The molecule has 1 heterocycles. The summed E-state index contributed by atoms with van der Waals surface area (Å²) < 4.78 is 58.1. The van der Waals surface area contributed by atoms with Crippen molar-refractivity contribution in [1.29, 1.82) is 5.26 Å². The molecule has 1 fully saturated rings. The van der Waals surface area contributed by atoms with E-state index in [0.29, 0.717) is 26.2 Å². The lowest BCUT2D eigenvalue weighted by atomic mass is 10.1. The van der Waals surface area contributed by atoms with Crippen LogP contribution in [-0.4, -0.2) is 139 Å². The number of hydrogen-bond acceptors (Lipinski definition) is 12. The summed E-state index contributed by atoms with van der Waals surface area (Å²) >= 11 is 0. The molecule has 0 aliphatic carbocycles. The van der Waals surface area contributed by atoms with Crippen molar-refractivity contribution in [2.75, 3.05) is 83.9 Å². The quantitative estimate of drug-likeness (QED) is 0.291. The van der Waals surface area contributed by atoms with Crippen molar-refractivity contribution in [2.45, 2.75) is 85.3 Å². The van der Waals surface area contributed by atoms with Crippen LogP contribution in [0.15, 0.2) is 18.2 Å². The van der Waals surface area contributed by atoms with Gasteiger partial charge in [-0.25, -0.2) is 0 Å². The Labute approximate surface area is 305 Å². The molecule has 292 valence electrons. The minimum absolute atomic E-state index is 0.0335. The second kappa shape index (κ2) is 18.8. The van der Waals surface area contributed by atoms with Gasteiger partial charge in [-0.05, 0) is 74.4 Å². The van der Waals surface area contributed by atoms with Gasteiger partial charge in [0, 0.05) is 52.4 Å². The highest BCUT2D eigenvalue weighted by atomic mass is 19.4. The van der Waals surface area contributed by atoms with Crippen LogP contribution in [0.3, 0.4) is 0 Å². The lowest BCUT2D eigenvalue weighted by Gasteiger charge is -2.34. The van der Waals surface area contributed by atoms with Crippen molar-refractivity contribution in [2.24, 2.45) is 0 Å². The molecular weight excluding hydrogens is 685 g/mol. The fraction of sp³-hybridized carbons (Fsp3) is 0.694. The number of carbonyl (C=O) groups excluding carboxylic acids is 4. The van der Waals surface area contributed by atoms with Crippen LogP contribution in [0.2, 0.25) is 0 Å². The molecule has 1 aromatic rings. The predicted molar refractivity (Wildman–Crippen MR) is 188 cm³/mol. The second-order valence-electron chi connectivity index (χ2n) is 15.7. The van der Waals surface area contributed by atoms with Gasteiger partial charge in [0.1, 0.15) is 22.9 Å². The lowest BCUT2D eigenvalue weighted by molar-refractivity contribution is -0.158. The summed E-state index contributed by atoms with van der Waals surface area (Å²) in [5.41, 5.74) is -4.27. The molecule has 0 radical (unpaired) electrons. The maximum Gasteiger partial charge on any atom is 0.418 e. The van der Waals surface area contributed by atoms with Gasteiger partial charge in [0.05, 0.1) is 43.0 Å². The Kier molecular flexibility index (Phi) is 16.1. The fourth-order valence-corrected chi connectivity index (χ4v) is 5.28. The third-order valence-corrected chi connectivity index (χ3v) is 7.37. The number of esters is 3. The van der Waals surface area contributed by atoms with Crippen molar-refractivity contribution in [3.8, 4) is 6.07 Å². The number of halogens is 3. The van der Waals surface area contributed by atoms with Crippen LogP contribution in [0.25, 0.3) is 0 Å². The van der Waals surface area contributed by atoms with Crippen molar-refractivity contribution >= 4 is 29.5 Å². The number of amides is 1. The fourth-order valence-electron chi connectivity index (χ4n) is 5.28. The van der Waals surface area contributed by atoms with E-state index in [0.717, 1.165) is 12.1 Å². The maximum atomic E-state index is 13.8. The summed E-state index contributed by atoms with van der Waals surface area (Å²) in [6.45, 7) is 17.5. The molecule has 1 aliphatic heterocycles. The molecule has 1 aromatic carbocycles. The van der Waals surface area contributed by atoms with Crippen LogP contribution in [0.4, 0.5) is 18.9 Å². The van der Waals surface area contributed by atoms with Crippen LogP contribution in [-0.2, 0) is 39.6 Å². The zero-order valence-electron chi connectivity index (χ0n) is 31.9. The number of hydrogen-bond donors (Lipinski definition) is 1. The van der Waals surface area contributed by atoms with Crippen LogP contribution >= 0.6 is 0 Å². The van der Waals surface area contributed by atoms with E-state index in [1.807, 2.05) is 14.7 Å². The SMILES string of the molecule is CC(C)(C)OC(=O)CN1CCN(CC(=O)Nc2c(C#N)cccc2C(F)(F)F)CCN(CC(=O)OC(C)(C)C)CCN(CC(=O)OC(C)(C)C)CC1. The van der Waals surface area contributed by atoms with E-state index in [9.17, 15) is 37.6 Å².